The Morgan fingerprint density at radius 3 is 2.27 bits per heavy atom. The average Bonchev–Trinajstić information content (AvgIpc) is 2.79. The molecular weight excluding hydrogens is 443 g/mol. The van der Waals surface area contributed by atoms with E-state index in [4.69, 9.17) is 9.15 Å². The van der Waals surface area contributed by atoms with E-state index in [1.807, 2.05) is 18.7 Å². The van der Waals surface area contributed by atoms with Crippen LogP contribution in [0.25, 0.3) is 11.0 Å². The van der Waals surface area contributed by atoms with Gasteiger partial charge in [-0.25, -0.2) is 4.79 Å². The molecule has 0 fully saturated rings. The lowest BCUT2D eigenvalue weighted by Gasteiger charge is -2.20. The number of halogens is 3. The molecule has 0 amide bonds. The highest BCUT2D eigenvalue weighted by Gasteiger charge is 2.41. The normalized spacial score (nSPS) is 11.7. The van der Waals surface area contributed by atoms with Crippen molar-refractivity contribution in [2.75, 3.05) is 20.2 Å². The Hall–Kier alpha value is -3.53. The summed E-state index contributed by atoms with van der Waals surface area (Å²) in [6.45, 7) is 4.96. The maximum Gasteiger partial charge on any atom is 0.453 e. The van der Waals surface area contributed by atoms with Crippen LogP contribution in [0.1, 0.15) is 35.5 Å². The van der Waals surface area contributed by atoms with Gasteiger partial charge in [-0.3, -0.25) is 9.69 Å². The lowest BCUT2D eigenvalue weighted by Crippen LogP contribution is -2.23. The summed E-state index contributed by atoms with van der Waals surface area (Å²) in [6.07, 6.45) is -5.05. The molecule has 0 unspecified atom stereocenters. The molecule has 2 aromatic carbocycles. The van der Waals surface area contributed by atoms with Gasteiger partial charge in [-0.2, -0.15) is 13.2 Å². The van der Waals surface area contributed by atoms with Crippen LogP contribution in [0.15, 0.2) is 45.6 Å². The van der Waals surface area contributed by atoms with Gasteiger partial charge in [-0.1, -0.05) is 13.8 Å². The fourth-order valence-corrected chi connectivity index (χ4v) is 3.28. The number of benzene rings is 2. The molecule has 0 bridgehead atoms. The van der Waals surface area contributed by atoms with Crippen LogP contribution < -0.4 is 10.2 Å². The molecule has 10 heteroatoms. The van der Waals surface area contributed by atoms with Gasteiger partial charge in [-0.05, 0) is 49.5 Å². The lowest BCUT2D eigenvalue weighted by molar-refractivity contribution is -0.154. The van der Waals surface area contributed by atoms with Gasteiger partial charge in [0.1, 0.15) is 17.1 Å². The van der Waals surface area contributed by atoms with Gasteiger partial charge in [0.05, 0.1) is 23.6 Å². The fraction of sp³-hybridized carbons (Fsp3) is 0.304. The number of fused-ring (bicyclic) bond motifs is 1. The van der Waals surface area contributed by atoms with E-state index in [0.29, 0.717) is 13.1 Å². The Bertz CT molecular complexity index is 1210. The third kappa shape index (κ3) is 4.95. The first kappa shape index (κ1) is 24.1. The quantitative estimate of drug-likeness (QED) is 0.495. The first-order valence-electron chi connectivity index (χ1n) is 10.1. The molecule has 1 aromatic heterocycles. The van der Waals surface area contributed by atoms with Crippen LogP contribution in [0.5, 0.6) is 17.2 Å². The molecule has 0 radical (unpaired) electrons. The Morgan fingerprint density at radius 2 is 1.73 bits per heavy atom. The monoisotopic (exact) mass is 465 g/mol. The van der Waals surface area contributed by atoms with E-state index in [1.165, 1.54) is 43.5 Å². The largest absolute Gasteiger partial charge is 0.507 e. The minimum Gasteiger partial charge on any atom is -0.507 e. The highest BCUT2D eigenvalue weighted by Crippen LogP contribution is 2.40. The van der Waals surface area contributed by atoms with Crippen molar-refractivity contribution in [3.8, 4) is 17.2 Å². The molecule has 176 valence electrons. The molecule has 0 spiro atoms. The van der Waals surface area contributed by atoms with Crippen LogP contribution in [0.4, 0.5) is 13.2 Å². The van der Waals surface area contributed by atoms with Crippen molar-refractivity contribution < 1.29 is 37.0 Å². The van der Waals surface area contributed by atoms with E-state index in [9.17, 15) is 27.9 Å². The number of alkyl halides is 3. The maximum atomic E-state index is 13.9. The zero-order valence-corrected chi connectivity index (χ0v) is 18.2. The van der Waals surface area contributed by atoms with Crippen molar-refractivity contribution in [2.45, 2.75) is 26.6 Å². The number of aromatic hydroxyl groups is 1. The molecule has 0 aliphatic carbocycles. The number of hydrogen-bond acceptors (Lipinski definition) is 7. The predicted octanol–water partition coefficient (Wildman–Crippen LogP) is 4.94. The van der Waals surface area contributed by atoms with Crippen LogP contribution in [-0.2, 0) is 17.5 Å². The molecule has 0 aliphatic heterocycles. The topological polar surface area (TPSA) is 89.2 Å². The molecule has 0 aliphatic rings. The molecule has 1 N–H and O–H groups in total. The number of methoxy groups -OCH3 is 1. The van der Waals surface area contributed by atoms with E-state index in [1.54, 1.807) is 0 Å². The van der Waals surface area contributed by atoms with Crippen molar-refractivity contribution in [1.29, 1.82) is 0 Å². The average molecular weight is 465 g/mol. The Balaban J connectivity index is 2.17. The van der Waals surface area contributed by atoms with Crippen molar-refractivity contribution in [3.05, 3.63) is 63.5 Å². The van der Waals surface area contributed by atoms with Crippen LogP contribution >= 0.6 is 0 Å². The number of phenolic OH excluding ortho intramolecular Hbond substituents is 1. The van der Waals surface area contributed by atoms with Gasteiger partial charge in [-0.15, -0.1) is 0 Å². The number of phenols is 1. The number of ether oxygens (including phenoxy) is 2. The smallest absolute Gasteiger partial charge is 0.453 e. The van der Waals surface area contributed by atoms with E-state index in [2.05, 4.69) is 4.74 Å². The Kier molecular flexibility index (Phi) is 6.97. The number of carbonyl (C=O) groups excluding carboxylic acids is 1. The van der Waals surface area contributed by atoms with Crippen molar-refractivity contribution in [3.63, 3.8) is 0 Å². The van der Waals surface area contributed by atoms with Crippen molar-refractivity contribution >= 4 is 16.9 Å². The predicted molar refractivity (Wildman–Crippen MR) is 114 cm³/mol. The van der Waals surface area contributed by atoms with E-state index >= 15 is 0 Å². The highest BCUT2D eigenvalue weighted by molar-refractivity contribution is 5.89. The summed E-state index contributed by atoms with van der Waals surface area (Å²) in [5.74, 6) is -3.69. The van der Waals surface area contributed by atoms with Gasteiger partial charge < -0.3 is 19.0 Å². The number of nitrogens with zero attached hydrogens (tertiary/aromatic N) is 1. The molecule has 1 heterocycles. The third-order valence-electron chi connectivity index (χ3n) is 5.13. The second-order valence-electron chi connectivity index (χ2n) is 7.11. The fourth-order valence-electron chi connectivity index (χ4n) is 3.28. The van der Waals surface area contributed by atoms with Gasteiger partial charge in [0.25, 0.3) is 5.76 Å². The summed E-state index contributed by atoms with van der Waals surface area (Å²) in [7, 11) is 1.19. The summed E-state index contributed by atoms with van der Waals surface area (Å²) >= 11 is 0. The first-order valence-corrected chi connectivity index (χ1v) is 10.1. The standard InChI is InChI=1S/C23H22F3NO6/c1-4-27(5-2)12-16-17(28)11-10-15-18(29)20(21(23(24,25)26)33-19(15)16)32-14-8-6-13(7-9-14)22(30)31-3/h6-11,28H,4-5,12H2,1-3H3. The third-order valence-corrected chi connectivity index (χ3v) is 5.13. The minimum atomic E-state index is -5.05. The zero-order valence-electron chi connectivity index (χ0n) is 18.2. The van der Waals surface area contributed by atoms with Crippen LogP contribution in [-0.4, -0.2) is 36.2 Å². The molecule has 7 nitrogen and oxygen atoms in total. The SMILES string of the molecule is CCN(CC)Cc1c(O)ccc2c(=O)c(Oc3ccc(C(=O)OC)cc3)c(C(F)(F)F)oc12. The summed E-state index contributed by atoms with van der Waals surface area (Å²) in [5.41, 5.74) is -1.16. The number of rotatable bonds is 7. The van der Waals surface area contributed by atoms with E-state index in [-0.39, 0.29) is 40.1 Å². The molecule has 0 saturated carbocycles. The van der Waals surface area contributed by atoms with E-state index < -0.39 is 29.1 Å². The second kappa shape index (κ2) is 9.53. The Morgan fingerprint density at radius 1 is 1.09 bits per heavy atom. The molecular formula is C23H22F3NO6. The molecule has 0 atom stereocenters. The first-order chi connectivity index (χ1) is 15.6. The summed E-state index contributed by atoms with van der Waals surface area (Å²) < 4.78 is 56.6. The molecule has 33 heavy (non-hydrogen) atoms. The number of carbonyl (C=O) groups is 1. The maximum absolute atomic E-state index is 13.9. The summed E-state index contributed by atoms with van der Waals surface area (Å²) in [6, 6.07) is 7.47. The van der Waals surface area contributed by atoms with Gasteiger partial charge >= 0.3 is 12.1 Å². The zero-order chi connectivity index (χ0) is 24.3. The number of esters is 1. The molecule has 3 rings (SSSR count). The van der Waals surface area contributed by atoms with Crippen molar-refractivity contribution in [2.24, 2.45) is 0 Å². The summed E-state index contributed by atoms with van der Waals surface area (Å²) in [4.78, 5) is 26.5. The molecule has 3 aromatic rings. The summed E-state index contributed by atoms with van der Waals surface area (Å²) in [5, 5.41) is 10.1. The van der Waals surface area contributed by atoms with Gasteiger partial charge in [0.15, 0.2) is 0 Å². The van der Waals surface area contributed by atoms with Crippen LogP contribution in [0, 0.1) is 0 Å². The minimum absolute atomic E-state index is 0.0766. The number of hydrogen-bond donors (Lipinski definition) is 1. The molecule has 0 saturated heterocycles. The van der Waals surface area contributed by atoms with E-state index in [0.717, 1.165) is 0 Å². The van der Waals surface area contributed by atoms with Crippen LogP contribution in [0.2, 0.25) is 0 Å². The van der Waals surface area contributed by atoms with Gasteiger partial charge in [0, 0.05) is 6.54 Å². The van der Waals surface area contributed by atoms with Gasteiger partial charge in [0.2, 0.25) is 11.2 Å². The Labute approximate surface area is 186 Å². The van der Waals surface area contributed by atoms with Crippen molar-refractivity contribution in [1.82, 2.24) is 4.90 Å². The van der Waals surface area contributed by atoms with Crippen LogP contribution in [0.3, 0.4) is 0 Å². The highest BCUT2D eigenvalue weighted by atomic mass is 19.4. The lowest BCUT2D eigenvalue weighted by atomic mass is 10.1. The second-order valence-corrected chi connectivity index (χ2v) is 7.11.